The lowest BCUT2D eigenvalue weighted by molar-refractivity contribution is 0.103. The molecule has 0 aliphatic heterocycles. The molecule has 0 saturated carbocycles. The number of H-pyrrole nitrogens is 1. The Morgan fingerprint density at radius 2 is 1.57 bits per heavy atom. The van der Waals surface area contributed by atoms with E-state index < -0.39 is 0 Å². The first kappa shape index (κ1) is 16.4. The molecule has 0 aliphatic carbocycles. The number of nitrogens with one attached hydrogen (secondary N) is 1. The minimum atomic E-state index is -0.175. The van der Waals surface area contributed by atoms with E-state index in [0.29, 0.717) is 36.8 Å². The van der Waals surface area contributed by atoms with Crippen LogP contribution in [0.3, 0.4) is 0 Å². The second kappa shape index (κ2) is 6.58. The van der Waals surface area contributed by atoms with Crippen molar-refractivity contribution in [1.82, 2.24) is 4.98 Å². The SMILES string of the molecule is O=C(c1ccc(Cl)c(Cl)c1)c1c[nH]cc1-c1ccc(Cl)cc1Cl. The number of hydrogen-bond donors (Lipinski definition) is 1. The van der Waals surface area contributed by atoms with Crippen molar-refractivity contribution >= 4 is 52.2 Å². The molecule has 6 heteroatoms. The monoisotopic (exact) mass is 383 g/mol. The van der Waals surface area contributed by atoms with E-state index in [1.807, 2.05) is 0 Å². The first-order valence-corrected chi connectivity index (χ1v) is 8.10. The molecular formula is C17H9Cl4NO. The van der Waals surface area contributed by atoms with Gasteiger partial charge in [-0.05, 0) is 30.3 Å². The van der Waals surface area contributed by atoms with E-state index >= 15 is 0 Å². The molecule has 0 radical (unpaired) electrons. The van der Waals surface area contributed by atoms with Crippen LogP contribution < -0.4 is 0 Å². The average molecular weight is 385 g/mol. The summed E-state index contributed by atoms with van der Waals surface area (Å²) < 4.78 is 0. The van der Waals surface area contributed by atoms with Gasteiger partial charge in [0.2, 0.25) is 0 Å². The van der Waals surface area contributed by atoms with Gasteiger partial charge in [-0.15, -0.1) is 0 Å². The molecule has 1 aromatic heterocycles. The molecule has 0 spiro atoms. The van der Waals surface area contributed by atoms with Crippen molar-refractivity contribution in [3.8, 4) is 11.1 Å². The van der Waals surface area contributed by atoms with Gasteiger partial charge in [0.05, 0.1) is 10.0 Å². The van der Waals surface area contributed by atoms with Crippen LogP contribution in [-0.2, 0) is 0 Å². The minimum absolute atomic E-state index is 0.175. The van der Waals surface area contributed by atoms with Crippen LogP contribution in [0.4, 0.5) is 0 Å². The van der Waals surface area contributed by atoms with Crippen LogP contribution in [0, 0.1) is 0 Å². The van der Waals surface area contributed by atoms with Gasteiger partial charge in [-0.1, -0.05) is 52.5 Å². The fourth-order valence-corrected chi connectivity index (χ4v) is 3.08. The number of hydrogen-bond acceptors (Lipinski definition) is 1. The van der Waals surface area contributed by atoms with Crippen molar-refractivity contribution < 1.29 is 4.79 Å². The van der Waals surface area contributed by atoms with Gasteiger partial charge >= 0.3 is 0 Å². The van der Waals surface area contributed by atoms with Crippen LogP contribution >= 0.6 is 46.4 Å². The summed E-state index contributed by atoms with van der Waals surface area (Å²) in [6.45, 7) is 0. The molecule has 0 fully saturated rings. The smallest absolute Gasteiger partial charge is 0.195 e. The molecule has 1 N–H and O–H groups in total. The van der Waals surface area contributed by atoms with E-state index in [-0.39, 0.29) is 5.78 Å². The quantitative estimate of drug-likeness (QED) is 0.511. The Bertz CT molecular complexity index is 901. The fourth-order valence-electron chi connectivity index (χ4n) is 2.28. The molecular weight excluding hydrogens is 376 g/mol. The van der Waals surface area contributed by atoms with Crippen molar-refractivity contribution in [2.75, 3.05) is 0 Å². The van der Waals surface area contributed by atoms with Crippen molar-refractivity contribution in [2.24, 2.45) is 0 Å². The van der Waals surface area contributed by atoms with Gasteiger partial charge in [0.25, 0.3) is 0 Å². The molecule has 2 aromatic carbocycles. The molecule has 0 aliphatic rings. The number of ketones is 1. The van der Waals surface area contributed by atoms with Crippen LogP contribution in [0.1, 0.15) is 15.9 Å². The van der Waals surface area contributed by atoms with E-state index in [9.17, 15) is 4.79 Å². The lowest BCUT2D eigenvalue weighted by atomic mass is 9.98. The van der Waals surface area contributed by atoms with Crippen molar-refractivity contribution in [2.45, 2.75) is 0 Å². The Kier molecular flexibility index (Phi) is 4.69. The maximum Gasteiger partial charge on any atom is 0.195 e. The predicted molar refractivity (Wildman–Crippen MR) is 96.1 cm³/mol. The minimum Gasteiger partial charge on any atom is -0.366 e. The first-order chi connectivity index (χ1) is 11.0. The molecule has 0 atom stereocenters. The zero-order valence-electron chi connectivity index (χ0n) is 11.5. The summed E-state index contributed by atoms with van der Waals surface area (Å²) in [5.41, 5.74) is 2.36. The average Bonchev–Trinajstić information content (AvgIpc) is 2.98. The summed E-state index contributed by atoms with van der Waals surface area (Å²) >= 11 is 24.0. The molecule has 1 heterocycles. The molecule has 116 valence electrons. The topological polar surface area (TPSA) is 32.9 Å². The molecule has 0 amide bonds. The number of halogens is 4. The Balaban J connectivity index is 2.06. The fraction of sp³-hybridized carbons (Fsp3) is 0. The largest absolute Gasteiger partial charge is 0.366 e. The van der Waals surface area contributed by atoms with Crippen LogP contribution in [0.25, 0.3) is 11.1 Å². The number of aromatic nitrogens is 1. The third-order valence-corrected chi connectivity index (χ3v) is 4.68. The van der Waals surface area contributed by atoms with Gasteiger partial charge in [-0.2, -0.15) is 0 Å². The lowest BCUT2D eigenvalue weighted by Gasteiger charge is -2.07. The van der Waals surface area contributed by atoms with Gasteiger partial charge in [0, 0.05) is 44.7 Å². The lowest BCUT2D eigenvalue weighted by Crippen LogP contribution is -2.01. The second-order valence-corrected chi connectivity index (χ2v) is 6.52. The Morgan fingerprint density at radius 3 is 2.26 bits per heavy atom. The standard InChI is InChI=1S/C17H9Cl4NO/c18-10-2-3-11(15(20)6-10)12-7-22-8-13(12)17(23)9-1-4-14(19)16(21)5-9/h1-8,22H. The highest BCUT2D eigenvalue weighted by molar-refractivity contribution is 6.42. The van der Waals surface area contributed by atoms with Crippen LogP contribution in [0.2, 0.25) is 20.1 Å². The van der Waals surface area contributed by atoms with E-state index in [4.69, 9.17) is 46.4 Å². The maximum atomic E-state index is 12.8. The van der Waals surface area contributed by atoms with Crippen LogP contribution in [-0.4, -0.2) is 10.8 Å². The van der Waals surface area contributed by atoms with E-state index in [2.05, 4.69) is 4.98 Å². The highest BCUT2D eigenvalue weighted by Gasteiger charge is 2.18. The number of carbonyl (C=O) groups excluding carboxylic acids is 1. The van der Waals surface area contributed by atoms with E-state index in [1.54, 1.807) is 48.8 Å². The first-order valence-electron chi connectivity index (χ1n) is 6.59. The molecule has 23 heavy (non-hydrogen) atoms. The van der Waals surface area contributed by atoms with E-state index in [0.717, 1.165) is 5.56 Å². The summed E-state index contributed by atoms with van der Waals surface area (Å²) in [5, 5.41) is 1.74. The molecule has 2 nitrogen and oxygen atoms in total. The maximum absolute atomic E-state index is 12.8. The summed E-state index contributed by atoms with van der Waals surface area (Å²) in [5.74, 6) is -0.175. The van der Waals surface area contributed by atoms with Gasteiger partial charge in [0.15, 0.2) is 5.78 Å². The molecule has 3 aromatic rings. The zero-order chi connectivity index (χ0) is 16.6. The molecule has 0 unspecified atom stereocenters. The third-order valence-electron chi connectivity index (χ3n) is 3.39. The van der Waals surface area contributed by atoms with Gasteiger partial charge in [-0.3, -0.25) is 4.79 Å². The van der Waals surface area contributed by atoms with Crippen molar-refractivity contribution in [3.63, 3.8) is 0 Å². The van der Waals surface area contributed by atoms with Crippen molar-refractivity contribution in [1.29, 1.82) is 0 Å². The summed E-state index contributed by atoms with van der Waals surface area (Å²) in [6.07, 6.45) is 3.35. The summed E-state index contributed by atoms with van der Waals surface area (Å²) in [7, 11) is 0. The molecule has 3 rings (SSSR count). The Hall–Kier alpha value is -1.45. The number of carbonyl (C=O) groups is 1. The number of benzene rings is 2. The Morgan fingerprint density at radius 1 is 0.783 bits per heavy atom. The molecule has 0 bridgehead atoms. The van der Waals surface area contributed by atoms with Gasteiger partial charge < -0.3 is 4.98 Å². The zero-order valence-corrected chi connectivity index (χ0v) is 14.6. The van der Waals surface area contributed by atoms with E-state index in [1.165, 1.54) is 0 Å². The highest BCUT2D eigenvalue weighted by Crippen LogP contribution is 2.34. The summed E-state index contributed by atoms with van der Waals surface area (Å²) in [4.78, 5) is 15.7. The van der Waals surface area contributed by atoms with Crippen LogP contribution in [0.5, 0.6) is 0 Å². The second-order valence-electron chi connectivity index (χ2n) is 4.86. The van der Waals surface area contributed by atoms with Crippen LogP contribution in [0.15, 0.2) is 48.8 Å². The molecule has 0 saturated heterocycles. The van der Waals surface area contributed by atoms with Gasteiger partial charge in [-0.25, -0.2) is 0 Å². The normalized spacial score (nSPS) is 10.8. The Labute approximate surface area is 152 Å². The highest BCUT2D eigenvalue weighted by atomic mass is 35.5. The number of aromatic amines is 1. The number of rotatable bonds is 3. The van der Waals surface area contributed by atoms with Crippen molar-refractivity contribution in [3.05, 3.63) is 80.0 Å². The predicted octanol–water partition coefficient (Wildman–Crippen LogP) is 6.53. The van der Waals surface area contributed by atoms with Gasteiger partial charge in [0.1, 0.15) is 0 Å². The third kappa shape index (κ3) is 3.26. The summed E-state index contributed by atoms with van der Waals surface area (Å²) in [6, 6.07) is 9.92.